The maximum Gasteiger partial charge on any atom is 0.418 e. The van der Waals surface area contributed by atoms with Crippen LogP contribution in [0.2, 0.25) is 0 Å². The summed E-state index contributed by atoms with van der Waals surface area (Å²) < 4.78 is 38.0. The number of hydrogen-bond acceptors (Lipinski definition) is 1. The maximum absolute atomic E-state index is 12.7. The van der Waals surface area contributed by atoms with Gasteiger partial charge in [-0.25, -0.2) is 0 Å². The third-order valence-corrected chi connectivity index (χ3v) is 2.83. The Morgan fingerprint density at radius 1 is 1.28 bits per heavy atom. The summed E-state index contributed by atoms with van der Waals surface area (Å²) in [5, 5.41) is 0. The Labute approximate surface area is 103 Å². The zero-order valence-corrected chi connectivity index (χ0v) is 10.1. The van der Waals surface area contributed by atoms with Crippen LogP contribution in [0.3, 0.4) is 0 Å². The number of rotatable bonds is 2. The number of hydrogen-bond donors (Lipinski definition) is 1. The zero-order valence-electron chi connectivity index (χ0n) is 10.1. The molecule has 0 saturated carbocycles. The van der Waals surface area contributed by atoms with Crippen molar-refractivity contribution in [3.63, 3.8) is 0 Å². The second-order valence-corrected chi connectivity index (χ2v) is 4.12. The number of H-pyrrole nitrogens is 1. The molecule has 0 bridgehead atoms. The summed E-state index contributed by atoms with van der Waals surface area (Å²) >= 11 is 0. The van der Waals surface area contributed by atoms with Crippen molar-refractivity contribution in [3.05, 3.63) is 41.2 Å². The standard InChI is InChI=1S/C13H13F3N2/c1-3-9-4-5-11(17-7-9)12-6-10(8(2)18-12)13(14,15)16/h4-7,18H,3H2,1-2H3. The van der Waals surface area contributed by atoms with E-state index in [-0.39, 0.29) is 5.69 Å². The summed E-state index contributed by atoms with van der Waals surface area (Å²) in [6.45, 7) is 3.41. The Morgan fingerprint density at radius 3 is 2.44 bits per heavy atom. The van der Waals surface area contributed by atoms with E-state index < -0.39 is 11.7 Å². The number of halogens is 3. The summed E-state index contributed by atoms with van der Waals surface area (Å²) in [6.07, 6.45) is -1.80. The highest BCUT2D eigenvalue weighted by atomic mass is 19.4. The smallest absolute Gasteiger partial charge is 0.357 e. The molecule has 2 aromatic heterocycles. The predicted molar refractivity (Wildman–Crippen MR) is 63.1 cm³/mol. The molecule has 96 valence electrons. The van der Waals surface area contributed by atoms with Crippen molar-refractivity contribution >= 4 is 0 Å². The highest BCUT2D eigenvalue weighted by Crippen LogP contribution is 2.34. The number of nitrogens with one attached hydrogen (secondary N) is 1. The molecule has 1 N–H and O–H groups in total. The summed E-state index contributed by atoms with van der Waals surface area (Å²) in [5.74, 6) is 0. The third kappa shape index (κ3) is 2.39. The fourth-order valence-electron chi connectivity index (χ4n) is 1.78. The summed E-state index contributed by atoms with van der Waals surface area (Å²) in [7, 11) is 0. The van der Waals surface area contributed by atoms with Gasteiger partial charge in [0.1, 0.15) is 0 Å². The first-order valence-corrected chi connectivity index (χ1v) is 5.64. The van der Waals surface area contributed by atoms with Crippen molar-refractivity contribution in [1.29, 1.82) is 0 Å². The average Bonchev–Trinajstić information content (AvgIpc) is 2.71. The van der Waals surface area contributed by atoms with Crippen LogP contribution in [0.25, 0.3) is 11.4 Å². The van der Waals surface area contributed by atoms with E-state index in [1.54, 1.807) is 12.3 Å². The molecule has 2 heterocycles. The number of aromatic nitrogens is 2. The topological polar surface area (TPSA) is 28.7 Å². The van der Waals surface area contributed by atoms with Crippen LogP contribution in [0.4, 0.5) is 13.2 Å². The highest BCUT2D eigenvalue weighted by Gasteiger charge is 2.34. The van der Waals surface area contributed by atoms with E-state index in [9.17, 15) is 13.2 Å². The van der Waals surface area contributed by atoms with Crippen LogP contribution < -0.4 is 0 Å². The second kappa shape index (κ2) is 4.48. The van der Waals surface area contributed by atoms with Crippen molar-refractivity contribution in [2.45, 2.75) is 26.4 Å². The molecule has 0 aromatic carbocycles. The van der Waals surface area contributed by atoms with Gasteiger partial charge >= 0.3 is 6.18 Å². The lowest BCUT2D eigenvalue weighted by Crippen LogP contribution is -2.04. The van der Waals surface area contributed by atoms with Gasteiger partial charge in [-0.1, -0.05) is 13.0 Å². The molecule has 0 unspecified atom stereocenters. The summed E-state index contributed by atoms with van der Waals surface area (Å²) in [5.41, 5.74) is 1.43. The highest BCUT2D eigenvalue weighted by molar-refractivity contribution is 5.57. The van der Waals surface area contributed by atoms with Gasteiger partial charge < -0.3 is 4.98 Å². The van der Waals surface area contributed by atoms with Crippen molar-refractivity contribution in [1.82, 2.24) is 9.97 Å². The monoisotopic (exact) mass is 254 g/mol. The molecule has 0 atom stereocenters. The molecule has 2 nitrogen and oxygen atoms in total. The Kier molecular flexibility index (Phi) is 3.15. The van der Waals surface area contributed by atoms with Crippen molar-refractivity contribution in [2.75, 3.05) is 0 Å². The lowest BCUT2D eigenvalue weighted by Gasteiger charge is -2.03. The lowest BCUT2D eigenvalue weighted by atomic mass is 10.2. The lowest BCUT2D eigenvalue weighted by molar-refractivity contribution is -0.137. The molecule has 5 heteroatoms. The molecule has 0 radical (unpaired) electrons. The number of aryl methyl sites for hydroxylation is 2. The first-order valence-electron chi connectivity index (χ1n) is 5.64. The first-order chi connectivity index (χ1) is 8.41. The van der Waals surface area contributed by atoms with E-state index >= 15 is 0 Å². The van der Waals surface area contributed by atoms with Gasteiger partial charge in [-0.2, -0.15) is 13.2 Å². The van der Waals surface area contributed by atoms with Crippen LogP contribution in [0, 0.1) is 6.92 Å². The molecular weight excluding hydrogens is 241 g/mol. The minimum absolute atomic E-state index is 0.110. The Morgan fingerprint density at radius 2 is 2.00 bits per heavy atom. The quantitative estimate of drug-likeness (QED) is 0.863. The van der Waals surface area contributed by atoms with E-state index in [1.165, 1.54) is 6.92 Å². The molecule has 0 spiro atoms. The number of pyridine rings is 1. The van der Waals surface area contributed by atoms with Gasteiger partial charge in [0, 0.05) is 11.9 Å². The number of nitrogens with zero attached hydrogens (tertiary/aromatic N) is 1. The largest absolute Gasteiger partial charge is 0.418 e. The van der Waals surface area contributed by atoms with Crippen molar-refractivity contribution < 1.29 is 13.2 Å². The normalized spacial score (nSPS) is 11.8. The average molecular weight is 254 g/mol. The SMILES string of the molecule is CCc1ccc(-c2cc(C(F)(F)F)c(C)[nH]2)nc1. The summed E-state index contributed by atoms with van der Waals surface area (Å²) in [4.78, 5) is 6.88. The van der Waals surface area contributed by atoms with E-state index in [0.29, 0.717) is 11.4 Å². The fraction of sp³-hybridized carbons (Fsp3) is 0.308. The van der Waals surface area contributed by atoms with E-state index in [2.05, 4.69) is 9.97 Å². The molecule has 2 aromatic rings. The molecule has 0 saturated heterocycles. The molecule has 2 rings (SSSR count). The van der Waals surface area contributed by atoms with Crippen molar-refractivity contribution in [2.24, 2.45) is 0 Å². The van der Waals surface area contributed by atoms with Crippen LogP contribution in [0.15, 0.2) is 24.4 Å². The van der Waals surface area contributed by atoms with E-state index in [4.69, 9.17) is 0 Å². The first kappa shape index (κ1) is 12.7. The van der Waals surface area contributed by atoms with Gasteiger partial charge in [-0.3, -0.25) is 4.98 Å². The third-order valence-electron chi connectivity index (χ3n) is 2.83. The van der Waals surface area contributed by atoms with Gasteiger partial charge in [0.25, 0.3) is 0 Å². The molecule has 0 aliphatic rings. The molecule has 18 heavy (non-hydrogen) atoms. The number of alkyl halides is 3. The van der Waals surface area contributed by atoms with Crippen LogP contribution in [0.1, 0.15) is 23.7 Å². The van der Waals surface area contributed by atoms with Crippen LogP contribution in [0.5, 0.6) is 0 Å². The van der Waals surface area contributed by atoms with Gasteiger partial charge in [0.05, 0.1) is 17.0 Å². The van der Waals surface area contributed by atoms with E-state index in [0.717, 1.165) is 18.1 Å². The predicted octanol–water partition coefficient (Wildman–Crippen LogP) is 3.97. The zero-order chi connectivity index (χ0) is 13.3. The fourth-order valence-corrected chi connectivity index (χ4v) is 1.78. The maximum atomic E-state index is 12.7. The molecule has 0 amide bonds. The van der Waals surface area contributed by atoms with Gasteiger partial charge in [0.2, 0.25) is 0 Å². The summed E-state index contributed by atoms with van der Waals surface area (Å²) in [6, 6.07) is 4.69. The molecule has 0 fully saturated rings. The number of aromatic amines is 1. The second-order valence-electron chi connectivity index (χ2n) is 4.12. The van der Waals surface area contributed by atoms with Gasteiger partial charge in [0.15, 0.2) is 0 Å². The van der Waals surface area contributed by atoms with Gasteiger partial charge in [-0.05, 0) is 31.0 Å². The Balaban J connectivity index is 2.39. The minimum Gasteiger partial charge on any atom is -0.357 e. The molecule has 0 aliphatic carbocycles. The minimum atomic E-state index is -4.33. The Bertz CT molecular complexity index is 538. The molecular formula is C13H13F3N2. The van der Waals surface area contributed by atoms with Crippen molar-refractivity contribution in [3.8, 4) is 11.4 Å². The molecule has 0 aliphatic heterocycles. The van der Waals surface area contributed by atoms with Crippen LogP contribution in [-0.4, -0.2) is 9.97 Å². The Hall–Kier alpha value is -1.78. The van der Waals surface area contributed by atoms with Crippen LogP contribution in [-0.2, 0) is 12.6 Å². The van der Waals surface area contributed by atoms with Gasteiger partial charge in [-0.15, -0.1) is 0 Å². The van der Waals surface area contributed by atoms with E-state index in [1.807, 2.05) is 13.0 Å². The van der Waals surface area contributed by atoms with Crippen LogP contribution >= 0.6 is 0 Å².